The number of phenolic OH excluding ortho intramolecular Hbond substituents is 1. The van der Waals surface area contributed by atoms with Crippen molar-refractivity contribution in [3.8, 4) is 5.75 Å². The molecule has 0 saturated heterocycles. The van der Waals surface area contributed by atoms with Gasteiger partial charge in [-0.1, -0.05) is 39.8 Å². The van der Waals surface area contributed by atoms with Gasteiger partial charge >= 0.3 is 5.97 Å². The van der Waals surface area contributed by atoms with E-state index in [1.165, 1.54) is 0 Å². The first-order valence-corrected chi connectivity index (χ1v) is 6.74. The third-order valence-electron chi connectivity index (χ3n) is 3.18. The molecule has 0 saturated carbocycles. The third kappa shape index (κ3) is 4.27. The molecule has 3 heteroatoms. The van der Waals surface area contributed by atoms with Gasteiger partial charge in [0.05, 0.1) is 13.0 Å². The van der Waals surface area contributed by atoms with E-state index in [0.29, 0.717) is 18.8 Å². The summed E-state index contributed by atoms with van der Waals surface area (Å²) in [5, 5.41) is 9.93. The van der Waals surface area contributed by atoms with Crippen molar-refractivity contribution in [1.82, 2.24) is 0 Å². The molecule has 1 atom stereocenters. The average Bonchev–Trinajstić information content (AvgIpc) is 2.27. The molecule has 0 fully saturated rings. The second-order valence-corrected chi connectivity index (χ2v) is 5.94. The van der Waals surface area contributed by atoms with Crippen LogP contribution < -0.4 is 0 Å². The Morgan fingerprint density at radius 1 is 1.37 bits per heavy atom. The number of esters is 1. The number of phenols is 1. The highest BCUT2D eigenvalue weighted by molar-refractivity contribution is 5.70. The molecule has 0 heterocycles. The minimum Gasteiger partial charge on any atom is -0.508 e. The molecule has 1 rings (SSSR count). The highest BCUT2D eigenvalue weighted by atomic mass is 16.5. The van der Waals surface area contributed by atoms with E-state index < -0.39 is 0 Å². The van der Waals surface area contributed by atoms with E-state index in [1.807, 2.05) is 19.1 Å². The van der Waals surface area contributed by atoms with E-state index >= 15 is 0 Å². The Hall–Kier alpha value is -1.51. The van der Waals surface area contributed by atoms with Crippen LogP contribution in [0.2, 0.25) is 0 Å². The van der Waals surface area contributed by atoms with Crippen LogP contribution in [-0.2, 0) is 14.9 Å². The van der Waals surface area contributed by atoms with Crippen molar-refractivity contribution < 1.29 is 14.6 Å². The third-order valence-corrected chi connectivity index (χ3v) is 3.18. The van der Waals surface area contributed by atoms with Crippen LogP contribution in [-0.4, -0.2) is 17.7 Å². The van der Waals surface area contributed by atoms with Crippen LogP contribution in [0.1, 0.15) is 58.1 Å². The summed E-state index contributed by atoms with van der Waals surface area (Å²) in [5.74, 6) is 0.209. The second kappa shape index (κ2) is 6.09. The predicted molar refractivity (Wildman–Crippen MR) is 76.5 cm³/mol. The highest BCUT2D eigenvalue weighted by Crippen LogP contribution is 2.33. The van der Waals surface area contributed by atoms with Gasteiger partial charge in [0.15, 0.2) is 0 Å². The molecule has 19 heavy (non-hydrogen) atoms. The summed E-state index contributed by atoms with van der Waals surface area (Å²) in [4.78, 5) is 11.5. The summed E-state index contributed by atoms with van der Waals surface area (Å²) < 4.78 is 4.97. The van der Waals surface area contributed by atoms with Crippen LogP contribution in [0.5, 0.6) is 5.75 Å². The van der Waals surface area contributed by atoms with E-state index in [0.717, 1.165) is 11.1 Å². The lowest BCUT2D eigenvalue weighted by atomic mass is 9.83. The Bertz CT molecular complexity index is 444. The summed E-state index contributed by atoms with van der Waals surface area (Å²) in [6, 6.07) is 5.56. The van der Waals surface area contributed by atoms with Gasteiger partial charge in [0.2, 0.25) is 0 Å². The van der Waals surface area contributed by atoms with E-state index in [9.17, 15) is 9.90 Å². The number of aromatic hydroxyl groups is 1. The zero-order valence-electron chi connectivity index (χ0n) is 12.5. The molecule has 106 valence electrons. The standard InChI is InChI=1S/C16H24O3/c1-6-19-15(18)9-11(2)12-7-8-14(17)13(10-12)16(3,4)5/h7-8,10-11,17H,6,9H2,1-5H3. The first-order valence-electron chi connectivity index (χ1n) is 6.74. The van der Waals surface area contributed by atoms with E-state index in [4.69, 9.17) is 4.74 Å². The molecule has 0 spiro atoms. The monoisotopic (exact) mass is 264 g/mol. The van der Waals surface area contributed by atoms with Gasteiger partial charge in [-0.15, -0.1) is 0 Å². The van der Waals surface area contributed by atoms with Gasteiger partial charge < -0.3 is 9.84 Å². The molecule has 0 aliphatic rings. The Kier molecular flexibility index (Phi) is 4.98. The van der Waals surface area contributed by atoms with Gasteiger partial charge in [-0.05, 0) is 35.4 Å². The van der Waals surface area contributed by atoms with E-state index in [1.54, 1.807) is 13.0 Å². The smallest absolute Gasteiger partial charge is 0.306 e. The first kappa shape index (κ1) is 15.5. The number of hydrogen-bond acceptors (Lipinski definition) is 3. The minimum absolute atomic E-state index is 0.0840. The summed E-state index contributed by atoms with van der Waals surface area (Å²) >= 11 is 0. The van der Waals surface area contributed by atoms with E-state index in [-0.39, 0.29) is 17.3 Å². The highest BCUT2D eigenvalue weighted by Gasteiger charge is 2.20. The van der Waals surface area contributed by atoms with Crippen LogP contribution in [0.15, 0.2) is 18.2 Å². The topological polar surface area (TPSA) is 46.5 Å². The number of benzene rings is 1. The first-order chi connectivity index (χ1) is 8.75. The summed E-state index contributed by atoms with van der Waals surface area (Å²) in [6.07, 6.45) is 0.363. The minimum atomic E-state index is -0.180. The molecular formula is C16H24O3. The van der Waals surface area contributed by atoms with E-state index in [2.05, 4.69) is 20.8 Å². The van der Waals surface area contributed by atoms with Crippen LogP contribution in [0.25, 0.3) is 0 Å². The molecule has 0 aromatic heterocycles. The fourth-order valence-corrected chi connectivity index (χ4v) is 2.05. The van der Waals surface area contributed by atoms with Crippen molar-refractivity contribution >= 4 is 5.97 Å². The fourth-order valence-electron chi connectivity index (χ4n) is 2.05. The van der Waals surface area contributed by atoms with Crippen molar-refractivity contribution in [3.05, 3.63) is 29.3 Å². The molecule has 1 unspecified atom stereocenters. The number of rotatable bonds is 4. The number of carbonyl (C=O) groups excluding carboxylic acids is 1. The van der Waals surface area contributed by atoms with Gasteiger partial charge in [0.1, 0.15) is 5.75 Å². The maximum Gasteiger partial charge on any atom is 0.306 e. The predicted octanol–water partition coefficient (Wildman–Crippen LogP) is 3.75. The van der Waals surface area contributed by atoms with Crippen molar-refractivity contribution in [2.75, 3.05) is 6.61 Å². The largest absolute Gasteiger partial charge is 0.508 e. The second-order valence-electron chi connectivity index (χ2n) is 5.94. The lowest BCUT2D eigenvalue weighted by Crippen LogP contribution is -2.13. The molecule has 1 aromatic carbocycles. The molecule has 0 bridgehead atoms. The van der Waals surface area contributed by atoms with Gasteiger partial charge in [0.25, 0.3) is 0 Å². The van der Waals surface area contributed by atoms with Crippen molar-refractivity contribution in [2.24, 2.45) is 0 Å². The van der Waals surface area contributed by atoms with Crippen LogP contribution >= 0.6 is 0 Å². The molecule has 1 N–H and O–H groups in total. The normalized spacial score (nSPS) is 13.1. The number of ether oxygens (including phenoxy) is 1. The van der Waals surface area contributed by atoms with Gasteiger partial charge in [-0.3, -0.25) is 4.79 Å². The zero-order valence-corrected chi connectivity index (χ0v) is 12.5. The molecule has 0 aliphatic carbocycles. The lowest BCUT2D eigenvalue weighted by Gasteiger charge is -2.22. The fraction of sp³-hybridized carbons (Fsp3) is 0.562. The molecule has 3 nitrogen and oxygen atoms in total. The zero-order chi connectivity index (χ0) is 14.6. The Balaban J connectivity index is 2.93. The quantitative estimate of drug-likeness (QED) is 0.842. The van der Waals surface area contributed by atoms with Gasteiger partial charge in [-0.25, -0.2) is 0 Å². The summed E-state index contributed by atoms with van der Waals surface area (Å²) in [7, 11) is 0. The Morgan fingerprint density at radius 3 is 2.53 bits per heavy atom. The van der Waals surface area contributed by atoms with Crippen LogP contribution in [0, 0.1) is 0 Å². The van der Waals surface area contributed by atoms with Crippen molar-refractivity contribution in [2.45, 2.75) is 52.4 Å². The van der Waals surface area contributed by atoms with Crippen LogP contribution in [0.4, 0.5) is 0 Å². The Morgan fingerprint density at radius 2 is 2.00 bits per heavy atom. The van der Waals surface area contributed by atoms with Crippen LogP contribution in [0.3, 0.4) is 0 Å². The summed E-state index contributed by atoms with van der Waals surface area (Å²) in [6.45, 7) is 10.4. The van der Waals surface area contributed by atoms with Gasteiger partial charge in [0, 0.05) is 0 Å². The summed E-state index contributed by atoms with van der Waals surface area (Å²) in [5.41, 5.74) is 1.83. The van der Waals surface area contributed by atoms with Crippen molar-refractivity contribution in [3.63, 3.8) is 0 Å². The maximum atomic E-state index is 11.5. The average molecular weight is 264 g/mol. The Labute approximate surface area is 115 Å². The van der Waals surface area contributed by atoms with Gasteiger partial charge in [-0.2, -0.15) is 0 Å². The number of carbonyl (C=O) groups is 1. The lowest BCUT2D eigenvalue weighted by molar-refractivity contribution is -0.143. The maximum absolute atomic E-state index is 11.5. The molecule has 0 aliphatic heterocycles. The molecular weight excluding hydrogens is 240 g/mol. The molecule has 0 amide bonds. The SMILES string of the molecule is CCOC(=O)CC(C)c1ccc(O)c(C(C)(C)C)c1. The van der Waals surface area contributed by atoms with Crippen molar-refractivity contribution in [1.29, 1.82) is 0 Å². The molecule has 1 aromatic rings. The molecule has 0 radical (unpaired) electrons. The number of hydrogen-bond donors (Lipinski definition) is 1.